The highest BCUT2D eigenvalue weighted by Gasteiger charge is 2.18. The van der Waals surface area contributed by atoms with Crippen LogP contribution in [0.15, 0.2) is 48.5 Å². The molecule has 1 fully saturated rings. The van der Waals surface area contributed by atoms with Crippen molar-refractivity contribution >= 4 is 11.6 Å². The van der Waals surface area contributed by atoms with Crippen molar-refractivity contribution in [2.75, 3.05) is 13.1 Å². The third-order valence-corrected chi connectivity index (χ3v) is 5.98. The Morgan fingerprint density at radius 1 is 1.06 bits per heavy atom. The molecule has 2 aromatic carbocycles. The Balaban J connectivity index is 1.36. The van der Waals surface area contributed by atoms with Crippen molar-refractivity contribution in [3.05, 3.63) is 81.2 Å². The molecule has 1 aromatic heterocycles. The van der Waals surface area contributed by atoms with Crippen LogP contribution in [0, 0.1) is 17.0 Å². The number of nitrogens with one attached hydrogen (secondary N) is 1. The van der Waals surface area contributed by atoms with Crippen molar-refractivity contribution in [2.24, 2.45) is 0 Å². The van der Waals surface area contributed by atoms with Crippen molar-refractivity contribution in [2.45, 2.75) is 45.7 Å². The summed E-state index contributed by atoms with van der Waals surface area (Å²) in [4.78, 5) is 25.8. The lowest BCUT2D eigenvalue weighted by Gasteiger charge is -2.19. The smallest absolute Gasteiger partial charge is 0.274 e. The van der Waals surface area contributed by atoms with Crippen LogP contribution in [0.2, 0.25) is 0 Å². The lowest BCUT2D eigenvalue weighted by molar-refractivity contribution is -0.384. The van der Waals surface area contributed by atoms with Crippen LogP contribution < -0.4 is 5.32 Å². The topological polar surface area (TPSA) is 106 Å². The first-order valence-electron chi connectivity index (χ1n) is 11.3. The van der Waals surface area contributed by atoms with Gasteiger partial charge in [0.2, 0.25) is 0 Å². The summed E-state index contributed by atoms with van der Waals surface area (Å²) in [6, 6.07) is 14.4. The van der Waals surface area contributed by atoms with Crippen molar-refractivity contribution in [3.8, 4) is 5.69 Å². The number of amides is 1. The van der Waals surface area contributed by atoms with Crippen LogP contribution in [0.25, 0.3) is 5.69 Å². The van der Waals surface area contributed by atoms with Crippen LogP contribution in [0.3, 0.4) is 0 Å². The fourth-order valence-corrected chi connectivity index (χ4v) is 4.10. The number of non-ortho nitro benzene ring substituents is 1. The number of rotatable bonds is 7. The number of benzene rings is 2. The number of nitrogens with zero attached hydrogens (tertiary/aromatic N) is 5. The Hall–Kier alpha value is -3.59. The lowest BCUT2D eigenvalue weighted by atomic mass is 10.1. The molecular formula is C24H28N6O3. The largest absolute Gasteiger partial charge is 0.347 e. The van der Waals surface area contributed by atoms with Crippen molar-refractivity contribution in [3.63, 3.8) is 0 Å². The van der Waals surface area contributed by atoms with Crippen LogP contribution in [0.5, 0.6) is 0 Å². The Morgan fingerprint density at radius 3 is 2.45 bits per heavy atom. The number of hydrogen-bond donors (Lipinski definition) is 1. The first-order valence-corrected chi connectivity index (χ1v) is 11.3. The zero-order valence-corrected chi connectivity index (χ0v) is 18.7. The Labute approximate surface area is 192 Å². The summed E-state index contributed by atoms with van der Waals surface area (Å²) in [6.45, 7) is 5.38. The van der Waals surface area contributed by atoms with Crippen LogP contribution in [0.1, 0.15) is 53.0 Å². The molecule has 172 valence electrons. The van der Waals surface area contributed by atoms with Crippen LogP contribution in [-0.2, 0) is 13.1 Å². The van der Waals surface area contributed by atoms with Crippen molar-refractivity contribution in [1.82, 2.24) is 25.2 Å². The second-order valence-electron chi connectivity index (χ2n) is 8.40. The molecule has 0 bridgehead atoms. The molecule has 4 rings (SSSR count). The van der Waals surface area contributed by atoms with Gasteiger partial charge in [0.25, 0.3) is 11.6 Å². The SMILES string of the molecule is Cc1c(C(=O)NCc2ccc(CN3CCCCCC3)cc2)nnn1-c1cccc([N+](=O)[O-])c1. The number of nitro groups is 1. The summed E-state index contributed by atoms with van der Waals surface area (Å²) in [5, 5.41) is 21.9. The third kappa shape index (κ3) is 5.61. The lowest BCUT2D eigenvalue weighted by Crippen LogP contribution is -2.24. The van der Waals surface area contributed by atoms with E-state index in [4.69, 9.17) is 0 Å². The molecule has 0 saturated carbocycles. The molecule has 9 heteroatoms. The number of aromatic nitrogens is 3. The first kappa shape index (κ1) is 22.6. The summed E-state index contributed by atoms with van der Waals surface area (Å²) in [6.07, 6.45) is 5.20. The number of nitro benzene ring substituents is 1. The van der Waals surface area contributed by atoms with Crippen LogP contribution in [-0.4, -0.2) is 43.8 Å². The summed E-state index contributed by atoms with van der Waals surface area (Å²) in [7, 11) is 0. The maximum Gasteiger partial charge on any atom is 0.274 e. The van der Waals surface area contributed by atoms with Gasteiger partial charge in [-0.15, -0.1) is 5.10 Å². The fourth-order valence-electron chi connectivity index (χ4n) is 4.10. The van der Waals surface area contributed by atoms with Crippen LogP contribution in [0.4, 0.5) is 5.69 Å². The van der Waals surface area contributed by atoms with Crippen molar-refractivity contribution in [1.29, 1.82) is 0 Å². The second kappa shape index (κ2) is 10.4. The van der Waals surface area contributed by atoms with E-state index in [0.717, 1.165) is 25.2 Å². The molecule has 9 nitrogen and oxygen atoms in total. The van der Waals surface area contributed by atoms with Gasteiger partial charge in [-0.3, -0.25) is 19.8 Å². The van der Waals surface area contributed by atoms with E-state index in [1.54, 1.807) is 19.1 Å². The molecule has 33 heavy (non-hydrogen) atoms. The minimum atomic E-state index is -0.470. The molecule has 0 spiro atoms. The summed E-state index contributed by atoms with van der Waals surface area (Å²) in [5.74, 6) is -0.335. The third-order valence-electron chi connectivity index (χ3n) is 5.98. The molecule has 0 radical (unpaired) electrons. The predicted molar refractivity (Wildman–Crippen MR) is 124 cm³/mol. The van der Waals surface area contributed by atoms with Gasteiger partial charge < -0.3 is 5.32 Å². The van der Waals surface area contributed by atoms with E-state index in [2.05, 4.69) is 32.7 Å². The van der Waals surface area contributed by atoms with Crippen molar-refractivity contribution < 1.29 is 9.72 Å². The Morgan fingerprint density at radius 2 is 1.76 bits per heavy atom. The number of hydrogen-bond acceptors (Lipinski definition) is 6. The summed E-state index contributed by atoms with van der Waals surface area (Å²) in [5.41, 5.74) is 3.43. The molecule has 0 unspecified atom stereocenters. The standard InChI is InChI=1S/C24H28N6O3/c1-18-23(26-27-29(18)21-7-6-8-22(15-21)30(32)33)24(31)25-16-19-9-11-20(12-10-19)17-28-13-4-2-3-5-14-28/h6-12,15H,2-5,13-14,16-17H2,1H3,(H,25,31). The number of carbonyl (C=O) groups is 1. The quantitative estimate of drug-likeness (QED) is 0.435. The van der Waals surface area contributed by atoms with Gasteiger partial charge >= 0.3 is 0 Å². The monoisotopic (exact) mass is 448 g/mol. The van der Waals surface area contributed by atoms with Gasteiger partial charge in [-0.1, -0.05) is 48.4 Å². The zero-order valence-electron chi connectivity index (χ0n) is 18.7. The molecule has 1 aliphatic heterocycles. The fraction of sp³-hybridized carbons (Fsp3) is 0.375. The molecule has 1 amide bonds. The molecule has 1 N–H and O–H groups in total. The van der Waals surface area contributed by atoms with E-state index in [1.165, 1.54) is 48.1 Å². The average molecular weight is 449 g/mol. The maximum absolute atomic E-state index is 12.7. The predicted octanol–water partition coefficient (Wildman–Crippen LogP) is 3.79. The molecule has 0 atom stereocenters. The normalized spacial score (nSPS) is 14.6. The Kier molecular flexibility index (Phi) is 7.09. The highest BCUT2D eigenvalue weighted by molar-refractivity contribution is 5.93. The van der Waals surface area contributed by atoms with Gasteiger partial charge in [-0.05, 0) is 50.0 Å². The Bertz CT molecular complexity index is 1120. The molecule has 1 saturated heterocycles. The molecule has 0 aliphatic carbocycles. The van der Waals surface area contributed by atoms with E-state index >= 15 is 0 Å². The van der Waals surface area contributed by atoms with E-state index in [1.807, 2.05) is 12.1 Å². The zero-order chi connectivity index (χ0) is 23.2. The minimum absolute atomic E-state index is 0.0484. The van der Waals surface area contributed by atoms with E-state index in [0.29, 0.717) is 17.9 Å². The van der Waals surface area contributed by atoms with Gasteiger partial charge in [-0.2, -0.15) is 0 Å². The van der Waals surface area contributed by atoms with Crippen LogP contribution >= 0.6 is 0 Å². The van der Waals surface area contributed by atoms with Gasteiger partial charge in [0, 0.05) is 25.2 Å². The van der Waals surface area contributed by atoms with Gasteiger partial charge in [0.1, 0.15) is 0 Å². The summed E-state index contributed by atoms with van der Waals surface area (Å²) < 4.78 is 1.43. The van der Waals surface area contributed by atoms with E-state index in [-0.39, 0.29) is 17.3 Å². The van der Waals surface area contributed by atoms with E-state index < -0.39 is 4.92 Å². The average Bonchev–Trinajstić information content (AvgIpc) is 3.02. The summed E-state index contributed by atoms with van der Waals surface area (Å²) >= 11 is 0. The number of likely N-dealkylation sites (tertiary alicyclic amines) is 1. The first-order chi connectivity index (χ1) is 16.0. The van der Waals surface area contributed by atoms with Gasteiger partial charge in [0.15, 0.2) is 5.69 Å². The highest BCUT2D eigenvalue weighted by atomic mass is 16.6. The molecule has 2 heterocycles. The molecular weight excluding hydrogens is 420 g/mol. The number of carbonyl (C=O) groups excluding carboxylic acids is 1. The maximum atomic E-state index is 12.7. The molecule has 1 aliphatic rings. The van der Waals surface area contributed by atoms with Gasteiger partial charge in [0.05, 0.1) is 16.3 Å². The molecule has 3 aromatic rings. The second-order valence-corrected chi connectivity index (χ2v) is 8.40. The highest BCUT2D eigenvalue weighted by Crippen LogP contribution is 2.18. The van der Waals surface area contributed by atoms with Gasteiger partial charge in [-0.25, -0.2) is 4.68 Å². The van der Waals surface area contributed by atoms with E-state index in [9.17, 15) is 14.9 Å². The minimum Gasteiger partial charge on any atom is -0.347 e.